The fraction of sp³-hybridized carbons (Fsp3) is 0.500. The van der Waals surface area contributed by atoms with Gasteiger partial charge in [0.25, 0.3) is 0 Å². The van der Waals surface area contributed by atoms with Crippen molar-refractivity contribution in [3.8, 4) is 0 Å². The summed E-state index contributed by atoms with van der Waals surface area (Å²) in [7, 11) is 0. The first kappa shape index (κ1) is 13.3. The molecular weight excluding hydrogens is 252 g/mol. The van der Waals surface area contributed by atoms with Crippen LogP contribution < -0.4 is 0 Å². The predicted molar refractivity (Wildman–Crippen MR) is 77.6 cm³/mol. The first-order valence-electron chi connectivity index (χ1n) is 7.29. The maximum absolute atomic E-state index is 12.4. The van der Waals surface area contributed by atoms with Gasteiger partial charge in [-0.3, -0.25) is 9.48 Å². The molecule has 1 aromatic carbocycles. The van der Waals surface area contributed by atoms with Crippen LogP contribution in [0.5, 0.6) is 0 Å². The lowest BCUT2D eigenvalue weighted by Gasteiger charge is -2.12. The zero-order chi connectivity index (χ0) is 14.1. The zero-order valence-corrected chi connectivity index (χ0v) is 12.0. The molecule has 1 fully saturated rings. The van der Waals surface area contributed by atoms with Gasteiger partial charge in [0, 0.05) is 18.5 Å². The average Bonchev–Trinajstić information content (AvgIpc) is 3.03. The van der Waals surface area contributed by atoms with Gasteiger partial charge in [-0.2, -0.15) is 5.10 Å². The van der Waals surface area contributed by atoms with E-state index in [4.69, 9.17) is 4.74 Å². The molecule has 0 spiro atoms. The van der Waals surface area contributed by atoms with Crippen molar-refractivity contribution in [3.63, 3.8) is 0 Å². The van der Waals surface area contributed by atoms with Crippen LogP contribution in [0.3, 0.4) is 0 Å². The quantitative estimate of drug-likeness (QED) is 0.859. The Hall–Kier alpha value is -1.68. The molecule has 20 heavy (non-hydrogen) atoms. The van der Waals surface area contributed by atoms with Crippen LogP contribution in [0.4, 0.5) is 0 Å². The fourth-order valence-corrected chi connectivity index (χ4v) is 2.94. The molecule has 0 bridgehead atoms. The normalized spacial score (nSPS) is 22.5. The van der Waals surface area contributed by atoms with E-state index < -0.39 is 0 Å². The SMILES string of the molecule is CCn1nc(CC(=O)C2OCCC2C)c2ccccc21. The Bertz CT molecular complexity index is 632. The maximum atomic E-state index is 12.4. The van der Waals surface area contributed by atoms with Crippen molar-refractivity contribution in [2.75, 3.05) is 6.61 Å². The number of carbonyl (C=O) groups is 1. The van der Waals surface area contributed by atoms with Crippen molar-refractivity contribution in [2.45, 2.75) is 39.3 Å². The first-order valence-corrected chi connectivity index (χ1v) is 7.29. The van der Waals surface area contributed by atoms with Gasteiger partial charge in [0.1, 0.15) is 6.10 Å². The Kier molecular flexibility index (Phi) is 3.57. The number of benzene rings is 1. The highest BCUT2D eigenvalue weighted by Crippen LogP contribution is 2.24. The summed E-state index contributed by atoms with van der Waals surface area (Å²) in [6.07, 6.45) is 1.09. The lowest BCUT2D eigenvalue weighted by atomic mass is 9.97. The largest absolute Gasteiger partial charge is 0.370 e. The summed E-state index contributed by atoms with van der Waals surface area (Å²) in [4.78, 5) is 12.4. The molecule has 2 heterocycles. The van der Waals surface area contributed by atoms with E-state index >= 15 is 0 Å². The summed E-state index contributed by atoms with van der Waals surface area (Å²) in [5, 5.41) is 5.66. The third-order valence-electron chi connectivity index (χ3n) is 4.08. The number of hydrogen-bond acceptors (Lipinski definition) is 3. The number of carbonyl (C=O) groups excluding carboxylic acids is 1. The van der Waals surface area contributed by atoms with Crippen LogP contribution in [0.2, 0.25) is 0 Å². The second-order valence-corrected chi connectivity index (χ2v) is 5.48. The van der Waals surface area contributed by atoms with Gasteiger partial charge in [0.15, 0.2) is 5.78 Å². The summed E-state index contributed by atoms with van der Waals surface area (Å²) in [6, 6.07) is 8.08. The predicted octanol–water partition coefficient (Wildman–Crippen LogP) is 2.59. The van der Waals surface area contributed by atoms with Gasteiger partial charge in [-0.05, 0) is 25.3 Å². The summed E-state index contributed by atoms with van der Waals surface area (Å²) in [5.41, 5.74) is 1.97. The first-order chi connectivity index (χ1) is 9.70. The van der Waals surface area contributed by atoms with Crippen molar-refractivity contribution in [1.82, 2.24) is 9.78 Å². The molecule has 2 atom stereocenters. The van der Waals surface area contributed by atoms with Gasteiger partial charge in [0.2, 0.25) is 0 Å². The molecule has 0 N–H and O–H groups in total. The molecule has 106 valence electrons. The number of aryl methyl sites for hydroxylation is 1. The van der Waals surface area contributed by atoms with Crippen molar-refractivity contribution < 1.29 is 9.53 Å². The highest BCUT2D eigenvalue weighted by molar-refractivity contribution is 5.90. The number of nitrogens with zero attached hydrogens (tertiary/aromatic N) is 2. The number of para-hydroxylation sites is 1. The number of aromatic nitrogens is 2. The number of fused-ring (bicyclic) bond motifs is 1. The molecule has 1 aliphatic rings. The zero-order valence-electron chi connectivity index (χ0n) is 12.0. The number of hydrogen-bond donors (Lipinski definition) is 0. The van der Waals surface area contributed by atoms with E-state index in [1.54, 1.807) is 0 Å². The summed E-state index contributed by atoms with van der Waals surface area (Å²) >= 11 is 0. The van der Waals surface area contributed by atoms with Crippen LogP contribution in [0, 0.1) is 5.92 Å². The van der Waals surface area contributed by atoms with E-state index in [-0.39, 0.29) is 11.9 Å². The Labute approximate surface area is 118 Å². The molecule has 2 unspecified atom stereocenters. The van der Waals surface area contributed by atoms with Crippen LogP contribution in [0.15, 0.2) is 24.3 Å². The van der Waals surface area contributed by atoms with Crippen molar-refractivity contribution in [3.05, 3.63) is 30.0 Å². The third-order valence-corrected chi connectivity index (χ3v) is 4.08. The van der Waals surface area contributed by atoms with E-state index in [9.17, 15) is 4.79 Å². The maximum Gasteiger partial charge on any atom is 0.167 e. The van der Waals surface area contributed by atoms with Gasteiger partial charge in [-0.15, -0.1) is 0 Å². The fourth-order valence-electron chi connectivity index (χ4n) is 2.94. The van der Waals surface area contributed by atoms with E-state index in [1.807, 2.05) is 22.9 Å². The molecule has 4 heteroatoms. The van der Waals surface area contributed by atoms with Gasteiger partial charge >= 0.3 is 0 Å². The summed E-state index contributed by atoms with van der Waals surface area (Å²) in [5.74, 6) is 0.475. The van der Waals surface area contributed by atoms with Crippen molar-refractivity contribution >= 4 is 16.7 Å². The number of ketones is 1. The molecule has 0 amide bonds. The molecule has 0 saturated carbocycles. The van der Waals surface area contributed by atoms with Crippen LogP contribution in [0.1, 0.15) is 26.0 Å². The topological polar surface area (TPSA) is 44.1 Å². The lowest BCUT2D eigenvalue weighted by Crippen LogP contribution is -2.27. The second kappa shape index (κ2) is 5.37. The Morgan fingerprint density at radius 1 is 1.45 bits per heavy atom. The summed E-state index contributed by atoms with van der Waals surface area (Å²) < 4.78 is 7.52. The Morgan fingerprint density at radius 3 is 2.95 bits per heavy atom. The van der Waals surface area contributed by atoms with Gasteiger partial charge < -0.3 is 4.74 Å². The van der Waals surface area contributed by atoms with E-state index in [0.29, 0.717) is 18.9 Å². The van der Waals surface area contributed by atoms with Gasteiger partial charge in [0.05, 0.1) is 17.6 Å². The van der Waals surface area contributed by atoms with Crippen LogP contribution in [-0.2, 0) is 22.5 Å². The van der Waals surface area contributed by atoms with Crippen LogP contribution >= 0.6 is 0 Å². The highest BCUT2D eigenvalue weighted by Gasteiger charge is 2.31. The molecule has 1 aliphatic heterocycles. The molecular formula is C16H20N2O2. The Balaban J connectivity index is 1.89. The number of Topliss-reactive ketones (excluding diaryl/α,β-unsaturated/α-hetero) is 1. The third kappa shape index (κ3) is 2.24. The minimum Gasteiger partial charge on any atom is -0.370 e. The standard InChI is InChI=1S/C16H20N2O2/c1-3-18-14-7-5-4-6-12(14)13(17-18)10-15(19)16-11(2)8-9-20-16/h4-7,11,16H,3,8-10H2,1-2H3. The Morgan fingerprint density at radius 2 is 2.25 bits per heavy atom. The van der Waals surface area contributed by atoms with Crippen LogP contribution in [-0.4, -0.2) is 28.3 Å². The smallest absolute Gasteiger partial charge is 0.167 e. The molecule has 0 radical (unpaired) electrons. The molecule has 1 aromatic heterocycles. The monoisotopic (exact) mass is 272 g/mol. The molecule has 3 rings (SSSR count). The molecule has 4 nitrogen and oxygen atoms in total. The van der Waals surface area contributed by atoms with E-state index in [2.05, 4.69) is 25.0 Å². The minimum absolute atomic E-state index is 0.154. The average molecular weight is 272 g/mol. The second-order valence-electron chi connectivity index (χ2n) is 5.48. The van der Waals surface area contributed by atoms with Gasteiger partial charge in [-0.1, -0.05) is 25.1 Å². The van der Waals surface area contributed by atoms with Crippen LogP contribution in [0.25, 0.3) is 10.9 Å². The lowest BCUT2D eigenvalue weighted by molar-refractivity contribution is -0.128. The van der Waals surface area contributed by atoms with Crippen molar-refractivity contribution in [2.24, 2.45) is 5.92 Å². The number of ether oxygens (including phenoxy) is 1. The molecule has 2 aromatic rings. The van der Waals surface area contributed by atoms with E-state index in [0.717, 1.165) is 29.6 Å². The van der Waals surface area contributed by atoms with Crippen molar-refractivity contribution in [1.29, 1.82) is 0 Å². The van der Waals surface area contributed by atoms with E-state index in [1.165, 1.54) is 0 Å². The molecule has 0 aliphatic carbocycles. The highest BCUT2D eigenvalue weighted by atomic mass is 16.5. The molecule has 1 saturated heterocycles. The van der Waals surface area contributed by atoms with Gasteiger partial charge in [-0.25, -0.2) is 0 Å². The summed E-state index contributed by atoms with van der Waals surface area (Å²) in [6.45, 7) is 5.65. The minimum atomic E-state index is -0.250. The number of rotatable bonds is 4.